The second-order valence-electron chi connectivity index (χ2n) is 3.99. The Hall–Kier alpha value is -0.240. The van der Waals surface area contributed by atoms with Gasteiger partial charge in [-0.05, 0) is 37.3 Å². The third kappa shape index (κ3) is 1.83. The molecule has 1 unspecified atom stereocenters. The van der Waals surface area contributed by atoms with Crippen LogP contribution in [0.15, 0.2) is 6.07 Å². The van der Waals surface area contributed by atoms with Gasteiger partial charge in [-0.1, -0.05) is 22.9 Å². The first kappa shape index (κ1) is 9.32. The number of nitrogens with one attached hydrogen (secondary N) is 1. The first-order chi connectivity index (χ1) is 6.31. The fourth-order valence-corrected chi connectivity index (χ4v) is 2.33. The van der Waals surface area contributed by atoms with Crippen molar-refractivity contribution >= 4 is 15.9 Å². The molecule has 72 valence electrons. The number of hydrogen-bond donors (Lipinski definition) is 1. The molecule has 1 atom stereocenters. The SMILES string of the molecule is CC(CBr)c1cc2c([nH]1)CCCC2. The van der Waals surface area contributed by atoms with Crippen LogP contribution >= 0.6 is 15.9 Å². The molecule has 1 aromatic heterocycles. The highest BCUT2D eigenvalue weighted by molar-refractivity contribution is 9.09. The molecule has 1 aliphatic carbocycles. The summed E-state index contributed by atoms with van der Waals surface area (Å²) in [6, 6.07) is 2.36. The molecule has 2 rings (SSSR count). The highest BCUT2D eigenvalue weighted by atomic mass is 79.9. The van der Waals surface area contributed by atoms with Gasteiger partial charge in [0.2, 0.25) is 0 Å². The topological polar surface area (TPSA) is 15.8 Å². The standard InChI is InChI=1S/C11H16BrN/c1-8(7-12)11-6-9-4-2-3-5-10(9)13-11/h6,8,13H,2-5,7H2,1H3. The van der Waals surface area contributed by atoms with Crippen molar-refractivity contribution in [2.75, 3.05) is 5.33 Å². The molecule has 1 N–H and O–H groups in total. The maximum Gasteiger partial charge on any atom is 0.0189 e. The number of aryl methyl sites for hydroxylation is 2. The van der Waals surface area contributed by atoms with Crippen LogP contribution < -0.4 is 0 Å². The molecule has 0 radical (unpaired) electrons. The smallest absolute Gasteiger partial charge is 0.0189 e. The number of fused-ring (bicyclic) bond motifs is 1. The average Bonchev–Trinajstić information content (AvgIpc) is 2.59. The fourth-order valence-electron chi connectivity index (χ4n) is 1.98. The summed E-state index contributed by atoms with van der Waals surface area (Å²) >= 11 is 3.52. The number of hydrogen-bond acceptors (Lipinski definition) is 0. The molecular weight excluding hydrogens is 226 g/mol. The van der Waals surface area contributed by atoms with Crippen molar-refractivity contribution in [2.24, 2.45) is 0 Å². The van der Waals surface area contributed by atoms with E-state index in [-0.39, 0.29) is 0 Å². The molecule has 1 nitrogen and oxygen atoms in total. The molecule has 0 aromatic carbocycles. The van der Waals surface area contributed by atoms with Gasteiger partial charge >= 0.3 is 0 Å². The third-order valence-electron chi connectivity index (χ3n) is 2.90. The largest absolute Gasteiger partial charge is 0.362 e. The van der Waals surface area contributed by atoms with Crippen molar-refractivity contribution in [3.05, 3.63) is 23.0 Å². The van der Waals surface area contributed by atoms with E-state index in [9.17, 15) is 0 Å². The maximum atomic E-state index is 3.55. The summed E-state index contributed by atoms with van der Waals surface area (Å²) in [7, 11) is 0. The van der Waals surface area contributed by atoms with Crippen LogP contribution in [0.4, 0.5) is 0 Å². The number of halogens is 1. The minimum atomic E-state index is 0.616. The molecule has 0 saturated heterocycles. The van der Waals surface area contributed by atoms with E-state index in [1.165, 1.54) is 37.1 Å². The summed E-state index contributed by atoms with van der Waals surface area (Å²) in [5.74, 6) is 0.616. The van der Waals surface area contributed by atoms with Gasteiger partial charge in [0.05, 0.1) is 0 Å². The molecule has 0 fully saturated rings. The van der Waals surface area contributed by atoms with Gasteiger partial charge in [0.25, 0.3) is 0 Å². The molecule has 0 saturated carbocycles. The fraction of sp³-hybridized carbons (Fsp3) is 0.636. The van der Waals surface area contributed by atoms with Crippen LogP contribution in [-0.2, 0) is 12.8 Å². The summed E-state index contributed by atoms with van der Waals surface area (Å²) in [5.41, 5.74) is 4.46. The molecule has 0 spiro atoms. The molecular formula is C11H16BrN. The molecule has 0 bridgehead atoms. The van der Waals surface area contributed by atoms with E-state index in [1.54, 1.807) is 5.56 Å². The summed E-state index contributed by atoms with van der Waals surface area (Å²) < 4.78 is 0. The number of aromatic nitrogens is 1. The predicted molar refractivity (Wildman–Crippen MR) is 59.6 cm³/mol. The zero-order chi connectivity index (χ0) is 9.26. The summed E-state index contributed by atoms with van der Waals surface area (Å²) in [4.78, 5) is 3.55. The quantitative estimate of drug-likeness (QED) is 0.765. The van der Waals surface area contributed by atoms with Crippen molar-refractivity contribution in [3.63, 3.8) is 0 Å². The summed E-state index contributed by atoms with van der Waals surface area (Å²) in [5, 5.41) is 1.05. The minimum absolute atomic E-state index is 0.616. The Morgan fingerprint density at radius 1 is 1.46 bits per heavy atom. The van der Waals surface area contributed by atoms with Gasteiger partial charge in [-0.3, -0.25) is 0 Å². The zero-order valence-corrected chi connectivity index (χ0v) is 9.65. The first-order valence-electron chi connectivity index (χ1n) is 5.08. The summed E-state index contributed by atoms with van der Waals surface area (Å²) in [6.07, 6.45) is 5.26. The van der Waals surface area contributed by atoms with Crippen LogP contribution in [0.2, 0.25) is 0 Å². The molecule has 13 heavy (non-hydrogen) atoms. The lowest BCUT2D eigenvalue weighted by molar-refractivity contribution is 0.675. The van der Waals surface area contributed by atoms with Gasteiger partial charge in [-0.2, -0.15) is 0 Å². The Balaban J connectivity index is 2.25. The van der Waals surface area contributed by atoms with E-state index < -0.39 is 0 Å². The monoisotopic (exact) mass is 241 g/mol. The van der Waals surface area contributed by atoms with Gasteiger partial charge in [-0.15, -0.1) is 0 Å². The molecule has 0 amide bonds. The minimum Gasteiger partial charge on any atom is -0.362 e. The van der Waals surface area contributed by atoms with Crippen LogP contribution in [0.25, 0.3) is 0 Å². The van der Waals surface area contributed by atoms with Gasteiger partial charge in [-0.25, -0.2) is 0 Å². The first-order valence-corrected chi connectivity index (χ1v) is 6.20. The third-order valence-corrected chi connectivity index (χ3v) is 3.87. The normalized spacial score (nSPS) is 18.3. The predicted octanol–water partition coefficient (Wildman–Crippen LogP) is 3.39. The van der Waals surface area contributed by atoms with Gasteiger partial charge in [0.1, 0.15) is 0 Å². The van der Waals surface area contributed by atoms with Gasteiger partial charge in [0, 0.05) is 22.6 Å². The number of aromatic amines is 1. The van der Waals surface area contributed by atoms with Crippen LogP contribution in [0.1, 0.15) is 42.6 Å². The van der Waals surface area contributed by atoms with Crippen molar-refractivity contribution < 1.29 is 0 Å². The van der Waals surface area contributed by atoms with Crippen molar-refractivity contribution in [1.82, 2.24) is 4.98 Å². The maximum absolute atomic E-state index is 3.55. The average molecular weight is 242 g/mol. The van der Waals surface area contributed by atoms with Crippen LogP contribution in [0.5, 0.6) is 0 Å². The van der Waals surface area contributed by atoms with E-state index in [2.05, 4.69) is 33.9 Å². The van der Waals surface area contributed by atoms with Gasteiger partial charge in [0.15, 0.2) is 0 Å². The Bertz CT molecular complexity index is 267. The number of H-pyrrole nitrogens is 1. The number of rotatable bonds is 2. The molecule has 1 aliphatic rings. The highest BCUT2D eigenvalue weighted by Gasteiger charge is 2.14. The Labute approximate surface area is 88.1 Å². The second-order valence-corrected chi connectivity index (χ2v) is 4.64. The Morgan fingerprint density at radius 3 is 2.92 bits per heavy atom. The van der Waals surface area contributed by atoms with E-state index in [0.29, 0.717) is 5.92 Å². The van der Waals surface area contributed by atoms with E-state index >= 15 is 0 Å². The lowest BCUT2D eigenvalue weighted by atomic mass is 9.98. The van der Waals surface area contributed by atoms with Crippen LogP contribution in [-0.4, -0.2) is 10.3 Å². The lowest BCUT2D eigenvalue weighted by Crippen LogP contribution is -1.99. The second kappa shape index (κ2) is 3.87. The lowest BCUT2D eigenvalue weighted by Gasteiger charge is -2.09. The molecule has 2 heteroatoms. The number of alkyl halides is 1. The van der Waals surface area contributed by atoms with Crippen molar-refractivity contribution in [1.29, 1.82) is 0 Å². The zero-order valence-electron chi connectivity index (χ0n) is 8.07. The van der Waals surface area contributed by atoms with Crippen LogP contribution in [0, 0.1) is 0 Å². The Kier molecular flexibility index (Phi) is 2.77. The van der Waals surface area contributed by atoms with Crippen molar-refractivity contribution in [2.45, 2.75) is 38.5 Å². The molecule has 0 aliphatic heterocycles. The van der Waals surface area contributed by atoms with Crippen LogP contribution in [0.3, 0.4) is 0 Å². The molecule has 1 heterocycles. The van der Waals surface area contributed by atoms with Crippen molar-refractivity contribution in [3.8, 4) is 0 Å². The molecule has 1 aromatic rings. The summed E-state index contributed by atoms with van der Waals surface area (Å²) in [6.45, 7) is 2.26. The highest BCUT2D eigenvalue weighted by Crippen LogP contribution is 2.25. The van der Waals surface area contributed by atoms with E-state index in [0.717, 1.165) is 5.33 Å². The Morgan fingerprint density at radius 2 is 2.23 bits per heavy atom. The van der Waals surface area contributed by atoms with E-state index in [1.807, 2.05) is 0 Å². The van der Waals surface area contributed by atoms with E-state index in [4.69, 9.17) is 0 Å². The van der Waals surface area contributed by atoms with Gasteiger partial charge < -0.3 is 4.98 Å².